The molecule has 9 heteroatoms. The number of piperidine rings is 1. The minimum Gasteiger partial charge on any atom is -0.342 e. The largest absolute Gasteiger partial charge is 0.342 e. The minimum atomic E-state index is -3.56. The zero-order chi connectivity index (χ0) is 20.5. The van der Waals surface area contributed by atoms with Crippen molar-refractivity contribution in [1.82, 2.24) is 14.3 Å². The summed E-state index contributed by atoms with van der Waals surface area (Å²) in [4.78, 5) is 21.8. The van der Waals surface area contributed by atoms with E-state index in [1.807, 2.05) is 11.0 Å². The Bertz CT molecular complexity index is 1060. The summed E-state index contributed by atoms with van der Waals surface area (Å²) in [7, 11) is -0.640. The lowest BCUT2D eigenvalue weighted by atomic mass is 9.99. The third-order valence-corrected chi connectivity index (χ3v) is 6.84. The number of H-pyrrole nitrogens is 1. The Morgan fingerprint density at radius 3 is 2.36 bits per heavy atom. The average Bonchev–Trinajstić information content (AvgIpc) is 2.68. The van der Waals surface area contributed by atoms with Gasteiger partial charge in [-0.1, -0.05) is 19.1 Å². The van der Waals surface area contributed by atoms with E-state index < -0.39 is 15.6 Å². The van der Waals surface area contributed by atoms with Gasteiger partial charge in [0.2, 0.25) is 16.0 Å². The maximum absolute atomic E-state index is 12.4. The van der Waals surface area contributed by atoms with Gasteiger partial charge in [-0.05, 0) is 30.9 Å². The number of benzene rings is 1. The molecule has 1 aliphatic heterocycles. The predicted octanol–water partition coefficient (Wildman–Crippen LogP) is 1.80. The van der Waals surface area contributed by atoms with Gasteiger partial charge < -0.3 is 4.90 Å². The van der Waals surface area contributed by atoms with Gasteiger partial charge in [0.25, 0.3) is 5.56 Å². The first-order valence-electron chi connectivity index (χ1n) is 9.06. The molecule has 1 saturated heterocycles. The van der Waals surface area contributed by atoms with E-state index in [1.165, 1.54) is 26.2 Å². The summed E-state index contributed by atoms with van der Waals surface area (Å²) >= 11 is 0. The Kier molecular flexibility index (Phi) is 5.54. The molecule has 0 aliphatic carbocycles. The van der Waals surface area contributed by atoms with Gasteiger partial charge in [0.1, 0.15) is 11.6 Å². The second-order valence-corrected chi connectivity index (χ2v) is 9.36. The van der Waals surface area contributed by atoms with Gasteiger partial charge in [-0.2, -0.15) is 5.26 Å². The Balaban J connectivity index is 2.03. The minimum absolute atomic E-state index is 0.0858. The first-order chi connectivity index (χ1) is 13.2. The first kappa shape index (κ1) is 20.0. The van der Waals surface area contributed by atoms with Crippen molar-refractivity contribution in [2.24, 2.45) is 5.92 Å². The number of hydrogen-bond donors (Lipinski definition) is 1. The Labute approximate surface area is 164 Å². The molecule has 148 valence electrons. The van der Waals surface area contributed by atoms with E-state index in [4.69, 9.17) is 0 Å². The molecule has 0 spiro atoms. The number of nitrogens with zero attached hydrogens (tertiary/aromatic N) is 4. The number of hydrogen-bond acceptors (Lipinski definition) is 6. The molecule has 0 atom stereocenters. The van der Waals surface area contributed by atoms with Crippen LogP contribution in [0, 0.1) is 17.2 Å². The third-order valence-electron chi connectivity index (χ3n) is 5.01. The normalized spacial score (nSPS) is 15.6. The van der Waals surface area contributed by atoms with Crippen molar-refractivity contribution in [3.05, 3.63) is 40.2 Å². The maximum atomic E-state index is 12.4. The van der Waals surface area contributed by atoms with Crippen LogP contribution < -0.4 is 10.5 Å². The lowest BCUT2D eigenvalue weighted by Gasteiger charge is -2.30. The number of anilines is 1. The third kappa shape index (κ3) is 3.79. The molecule has 3 rings (SSSR count). The smallest absolute Gasteiger partial charge is 0.270 e. The fourth-order valence-corrected chi connectivity index (χ4v) is 4.04. The van der Waals surface area contributed by atoms with Crippen LogP contribution in [0.25, 0.3) is 11.3 Å². The van der Waals surface area contributed by atoms with Crippen molar-refractivity contribution in [1.29, 1.82) is 5.26 Å². The summed E-state index contributed by atoms with van der Waals surface area (Å²) in [5, 5.41) is 9.43. The average molecular weight is 401 g/mol. The Morgan fingerprint density at radius 1 is 1.21 bits per heavy atom. The van der Waals surface area contributed by atoms with Gasteiger partial charge in [0.15, 0.2) is 0 Å². The maximum Gasteiger partial charge on any atom is 0.270 e. The summed E-state index contributed by atoms with van der Waals surface area (Å²) in [6.45, 7) is 3.77. The predicted molar refractivity (Wildman–Crippen MR) is 106 cm³/mol. The van der Waals surface area contributed by atoms with Crippen molar-refractivity contribution in [2.75, 3.05) is 32.1 Å². The van der Waals surface area contributed by atoms with E-state index in [-0.39, 0.29) is 16.2 Å². The summed E-state index contributed by atoms with van der Waals surface area (Å²) < 4.78 is 25.6. The van der Waals surface area contributed by atoms with Crippen LogP contribution in [0.5, 0.6) is 0 Å². The lowest BCUT2D eigenvalue weighted by molar-refractivity contribution is 0.434. The van der Waals surface area contributed by atoms with Crippen molar-refractivity contribution in [3.8, 4) is 17.3 Å². The van der Waals surface area contributed by atoms with Crippen molar-refractivity contribution < 1.29 is 8.42 Å². The molecule has 0 amide bonds. The Morgan fingerprint density at radius 2 is 1.82 bits per heavy atom. The number of aromatic nitrogens is 2. The number of aromatic amines is 1. The quantitative estimate of drug-likeness (QED) is 0.836. The molecule has 1 aromatic carbocycles. The summed E-state index contributed by atoms with van der Waals surface area (Å²) in [5.41, 5.74) is 0.198. The van der Waals surface area contributed by atoms with Crippen molar-refractivity contribution in [2.45, 2.75) is 24.7 Å². The second kappa shape index (κ2) is 7.73. The summed E-state index contributed by atoms with van der Waals surface area (Å²) in [5.74, 6) is 1.07. The second-order valence-electron chi connectivity index (χ2n) is 7.21. The highest BCUT2D eigenvalue weighted by molar-refractivity contribution is 7.89. The van der Waals surface area contributed by atoms with Crippen LogP contribution in [-0.4, -0.2) is 49.9 Å². The van der Waals surface area contributed by atoms with E-state index in [0.29, 0.717) is 17.4 Å². The molecule has 1 aliphatic rings. The van der Waals surface area contributed by atoms with Crippen LogP contribution in [0.1, 0.15) is 25.3 Å². The molecule has 0 bridgehead atoms. The topological polar surface area (TPSA) is 110 Å². The van der Waals surface area contributed by atoms with Gasteiger partial charge in [-0.25, -0.2) is 17.7 Å². The highest BCUT2D eigenvalue weighted by Crippen LogP contribution is 2.25. The highest BCUT2D eigenvalue weighted by atomic mass is 32.2. The molecule has 2 aromatic rings. The van der Waals surface area contributed by atoms with E-state index in [0.717, 1.165) is 30.2 Å². The van der Waals surface area contributed by atoms with Crippen LogP contribution in [0.3, 0.4) is 0 Å². The van der Waals surface area contributed by atoms with Crippen molar-refractivity contribution >= 4 is 16.0 Å². The van der Waals surface area contributed by atoms with Gasteiger partial charge in [-0.15, -0.1) is 0 Å². The van der Waals surface area contributed by atoms with Crippen LogP contribution in [-0.2, 0) is 10.0 Å². The Hall–Kier alpha value is -2.70. The first-order valence-corrected chi connectivity index (χ1v) is 10.5. The molecule has 0 radical (unpaired) electrons. The highest BCUT2D eigenvalue weighted by Gasteiger charge is 2.22. The monoisotopic (exact) mass is 401 g/mol. The van der Waals surface area contributed by atoms with E-state index in [1.54, 1.807) is 12.1 Å². The molecule has 1 aromatic heterocycles. The molecule has 8 nitrogen and oxygen atoms in total. The van der Waals surface area contributed by atoms with Crippen LogP contribution >= 0.6 is 0 Å². The molecular weight excluding hydrogens is 378 g/mol. The van der Waals surface area contributed by atoms with E-state index >= 15 is 0 Å². The number of rotatable bonds is 4. The molecular formula is C19H23N5O3S. The van der Waals surface area contributed by atoms with Gasteiger partial charge >= 0.3 is 0 Å². The SMILES string of the molecule is CC1CCN(c2nc(-c3ccc(S(=O)(=O)N(C)C)cc3)c(C#N)c(=O)[nH]2)CC1. The van der Waals surface area contributed by atoms with Gasteiger partial charge in [0, 0.05) is 32.7 Å². The van der Waals surface area contributed by atoms with Crippen LogP contribution in [0.15, 0.2) is 34.0 Å². The molecule has 0 saturated carbocycles. The fraction of sp³-hybridized carbons (Fsp3) is 0.421. The zero-order valence-electron chi connectivity index (χ0n) is 16.1. The van der Waals surface area contributed by atoms with Crippen LogP contribution in [0.2, 0.25) is 0 Å². The zero-order valence-corrected chi connectivity index (χ0v) is 17.0. The number of nitrogens with one attached hydrogen (secondary N) is 1. The molecule has 1 fully saturated rings. The van der Waals surface area contributed by atoms with E-state index in [9.17, 15) is 18.5 Å². The van der Waals surface area contributed by atoms with Crippen molar-refractivity contribution in [3.63, 3.8) is 0 Å². The molecule has 28 heavy (non-hydrogen) atoms. The summed E-state index contributed by atoms with van der Waals surface area (Å²) in [6.07, 6.45) is 2.02. The fourth-order valence-electron chi connectivity index (χ4n) is 3.14. The summed E-state index contributed by atoms with van der Waals surface area (Å²) in [6, 6.07) is 7.96. The lowest BCUT2D eigenvalue weighted by Crippen LogP contribution is -2.35. The van der Waals surface area contributed by atoms with Gasteiger partial charge in [0.05, 0.1) is 10.6 Å². The van der Waals surface area contributed by atoms with Crippen LogP contribution in [0.4, 0.5) is 5.95 Å². The number of sulfonamides is 1. The molecule has 2 heterocycles. The number of nitriles is 1. The molecule has 0 unspecified atom stereocenters. The van der Waals surface area contributed by atoms with Gasteiger partial charge in [-0.3, -0.25) is 9.78 Å². The van der Waals surface area contributed by atoms with E-state index in [2.05, 4.69) is 16.9 Å². The molecule has 1 N–H and O–H groups in total. The standard InChI is InChI=1S/C19H23N5O3S/c1-13-8-10-24(11-9-13)19-21-17(16(12-20)18(25)22-19)14-4-6-15(7-5-14)28(26,27)23(2)3/h4-7,13H,8-11H2,1-3H3,(H,21,22,25).